The minimum atomic E-state index is -0.833. The zero-order valence-corrected chi connectivity index (χ0v) is 8.32. The van der Waals surface area contributed by atoms with E-state index in [2.05, 4.69) is 5.32 Å². The zero-order chi connectivity index (χ0) is 10.7. The summed E-state index contributed by atoms with van der Waals surface area (Å²) < 4.78 is 5.44. The van der Waals surface area contributed by atoms with Crippen LogP contribution >= 0.6 is 0 Å². The van der Waals surface area contributed by atoms with Gasteiger partial charge in [0.15, 0.2) is 0 Å². The van der Waals surface area contributed by atoms with E-state index in [1.165, 1.54) is 0 Å². The van der Waals surface area contributed by atoms with Crippen molar-refractivity contribution < 1.29 is 14.6 Å². The summed E-state index contributed by atoms with van der Waals surface area (Å²) in [6, 6.07) is 5.80. The van der Waals surface area contributed by atoms with Crippen molar-refractivity contribution in [2.75, 3.05) is 18.5 Å². The Bertz CT molecular complexity index is 376. The van der Waals surface area contributed by atoms with Gasteiger partial charge in [0.25, 0.3) is 0 Å². The molecular formula is C11H13NO3. The molecule has 2 rings (SSSR count). The number of carboxylic acids is 1. The molecule has 0 spiro atoms. The molecule has 4 nitrogen and oxygen atoms in total. The summed E-state index contributed by atoms with van der Waals surface area (Å²) in [7, 11) is 0. The third-order valence-corrected chi connectivity index (χ3v) is 2.40. The second-order valence-electron chi connectivity index (χ2n) is 3.45. The van der Waals surface area contributed by atoms with Crippen molar-refractivity contribution in [3.05, 3.63) is 23.8 Å². The molecule has 0 amide bonds. The van der Waals surface area contributed by atoms with Gasteiger partial charge in [0, 0.05) is 17.8 Å². The summed E-state index contributed by atoms with van der Waals surface area (Å²) in [5.74, 6) is -0.0283. The van der Waals surface area contributed by atoms with Crippen LogP contribution in [0.4, 0.5) is 5.69 Å². The third-order valence-electron chi connectivity index (χ3n) is 2.40. The van der Waals surface area contributed by atoms with Gasteiger partial charge in [0.1, 0.15) is 5.75 Å². The fourth-order valence-corrected chi connectivity index (χ4v) is 1.69. The van der Waals surface area contributed by atoms with E-state index in [-0.39, 0.29) is 13.0 Å². The van der Waals surface area contributed by atoms with E-state index in [9.17, 15) is 4.79 Å². The first kappa shape index (κ1) is 9.83. The van der Waals surface area contributed by atoms with Crippen LogP contribution in [-0.2, 0) is 11.2 Å². The molecule has 2 N–H and O–H groups in total. The van der Waals surface area contributed by atoms with Crippen LogP contribution in [0.25, 0.3) is 0 Å². The SMILES string of the molecule is O=C(O)CCOc1cccc2c1CCN2. The highest BCUT2D eigenvalue weighted by Crippen LogP contribution is 2.30. The number of nitrogens with one attached hydrogen (secondary N) is 1. The number of rotatable bonds is 4. The van der Waals surface area contributed by atoms with Crippen LogP contribution in [0.2, 0.25) is 0 Å². The minimum absolute atomic E-state index is 0.0388. The number of hydrogen-bond donors (Lipinski definition) is 2. The summed E-state index contributed by atoms with van der Waals surface area (Å²) in [4.78, 5) is 10.3. The van der Waals surface area contributed by atoms with Crippen molar-refractivity contribution in [1.82, 2.24) is 0 Å². The summed E-state index contributed by atoms with van der Waals surface area (Å²) in [5, 5.41) is 11.7. The van der Waals surface area contributed by atoms with Crippen molar-refractivity contribution in [3.8, 4) is 5.75 Å². The predicted molar refractivity (Wildman–Crippen MR) is 56.4 cm³/mol. The van der Waals surface area contributed by atoms with E-state index in [1.807, 2.05) is 18.2 Å². The van der Waals surface area contributed by atoms with E-state index in [4.69, 9.17) is 9.84 Å². The minimum Gasteiger partial charge on any atom is -0.493 e. The predicted octanol–water partition coefficient (Wildman–Crippen LogP) is 1.51. The molecule has 1 heterocycles. The molecule has 0 aromatic heterocycles. The highest BCUT2D eigenvalue weighted by Gasteiger charge is 2.14. The summed E-state index contributed by atoms with van der Waals surface area (Å²) >= 11 is 0. The fourth-order valence-electron chi connectivity index (χ4n) is 1.69. The van der Waals surface area contributed by atoms with Crippen molar-refractivity contribution in [1.29, 1.82) is 0 Å². The van der Waals surface area contributed by atoms with Crippen molar-refractivity contribution in [2.45, 2.75) is 12.8 Å². The van der Waals surface area contributed by atoms with E-state index < -0.39 is 5.97 Å². The largest absolute Gasteiger partial charge is 0.493 e. The molecule has 0 unspecified atom stereocenters. The van der Waals surface area contributed by atoms with Crippen LogP contribution in [0.3, 0.4) is 0 Å². The lowest BCUT2D eigenvalue weighted by Gasteiger charge is -2.08. The van der Waals surface area contributed by atoms with E-state index >= 15 is 0 Å². The topological polar surface area (TPSA) is 58.6 Å². The average Bonchev–Trinajstić information content (AvgIpc) is 2.65. The lowest BCUT2D eigenvalue weighted by molar-refractivity contribution is -0.137. The van der Waals surface area contributed by atoms with Gasteiger partial charge in [-0.2, -0.15) is 0 Å². The molecule has 15 heavy (non-hydrogen) atoms. The Balaban J connectivity index is 2.02. The molecule has 1 aromatic rings. The average molecular weight is 207 g/mol. The van der Waals surface area contributed by atoms with Gasteiger partial charge in [0.2, 0.25) is 0 Å². The van der Waals surface area contributed by atoms with Gasteiger partial charge in [-0.15, -0.1) is 0 Å². The molecule has 0 saturated heterocycles. The Labute approximate surface area is 87.9 Å². The van der Waals surface area contributed by atoms with Crippen molar-refractivity contribution in [3.63, 3.8) is 0 Å². The highest BCUT2D eigenvalue weighted by molar-refractivity contribution is 5.67. The first-order chi connectivity index (χ1) is 7.27. The number of aliphatic carboxylic acids is 1. The third kappa shape index (κ3) is 2.21. The van der Waals surface area contributed by atoms with Crippen molar-refractivity contribution >= 4 is 11.7 Å². The van der Waals surface area contributed by atoms with Crippen molar-refractivity contribution in [2.24, 2.45) is 0 Å². The molecule has 0 fully saturated rings. The molecule has 0 bridgehead atoms. The first-order valence-electron chi connectivity index (χ1n) is 4.98. The highest BCUT2D eigenvalue weighted by atomic mass is 16.5. The molecule has 0 radical (unpaired) electrons. The van der Waals surface area contributed by atoms with Gasteiger partial charge in [-0.3, -0.25) is 4.79 Å². The Morgan fingerprint density at radius 3 is 3.20 bits per heavy atom. The Morgan fingerprint density at radius 2 is 2.40 bits per heavy atom. The molecule has 0 saturated carbocycles. The van der Waals surface area contributed by atoms with Gasteiger partial charge >= 0.3 is 5.97 Å². The number of benzene rings is 1. The molecule has 80 valence electrons. The summed E-state index contributed by atoms with van der Waals surface area (Å²) in [6.45, 7) is 1.15. The number of carbonyl (C=O) groups is 1. The van der Waals surface area contributed by atoms with E-state index in [1.54, 1.807) is 0 Å². The lowest BCUT2D eigenvalue weighted by atomic mass is 10.1. The fraction of sp³-hybridized carbons (Fsp3) is 0.364. The first-order valence-corrected chi connectivity index (χ1v) is 4.98. The van der Waals surface area contributed by atoms with E-state index in [0.717, 1.165) is 30.0 Å². The molecule has 4 heteroatoms. The van der Waals surface area contributed by atoms with Crippen LogP contribution in [-0.4, -0.2) is 24.2 Å². The van der Waals surface area contributed by atoms with Crippen LogP contribution in [0, 0.1) is 0 Å². The van der Waals surface area contributed by atoms with Crippen LogP contribution < -0.4 is 10.1 Å². The maximum atomic E-state index is 10.3. The lowest BCUT2D eigenvalue weighted by Crippen LogP contribution is -2.05. The number of carboxylic acid groups (broad SMARTS) is 1. The Kier molecular flexibility index (Phi) is 2.76. The van der Waals surface area contributed by atoms with Crippen LogP contribution in [0.1, 0.15) is 12.0 Å². The number of anilines is 1. The quantitative estimate of drug-likeness (QED) is 0.785. The maximum Gasteiger partial charge on any atom is 0.306 e. The van der Waals surface area contributed by atoms with E-state index in [0.29, 0.717) is 0 Å². The number of hydrogen-bond acceptors (Lipinski definition) is 3. The van der Waals surface area contributed by atoms with Gasteiger partial charge in [-0.25, -0.2) is 0 Å². The van der Waals surface area contributed by atoms with Gasteiger partial charge < -0.3 is 15.2 Å². The standard InChI is InChI=1S/C11H13NO3/c13-11(14)5-7-15-10-3-1-2-9-8(10)4-6-12-9/h1-3,12H,4-7H2,(H,13,14). The molecule has 1 aromatic carbocycles. The number of ether oxygens (including phenoxy) is 1. The van der Waals surface area contributed by atoms with Gasteiger partial charge in [-0.05, 0) is 18.6 Å². The van der Waals surface area contributed by atoms with Crippen LogP contribution in [0.5, 0.6) is 5.75 Å². The maximum absolute atomic E-state index is 10.3. The molecule has 0 aliphatic carbocycles. The monoisotopic (exact) mass is 207 g/mol. The Hall–Kier alpha value is -1.71. The second kappa shape index (κ2) is 4.21. The Morgan fingerprint density at radius 1 is 1.53 bits per heavy atom. The van der Waals surface area contributed by atoms with Gasteiger partial charge in [0.05, 0.1) is 13.0 Å². The van der Waals surface area contributed by atoms with Crippen LogP contribution in [0.15, 0.2) is 18.2 Å². The smallest absolute Gasteiger partial charge is 0.306 e. The number of fused-ring (bicyclic) bond motifs is 1. The summed E-state index contributed by atoms with van der Waals surface area (Å²) in [6.07, 6.45) is 0.982. The molecule has 1 aliphatic rings. The molecule has 0 atom stereocenters. The molecular weight excluding hydrogens is 194 g/mol. The van der Waals surface area contributed by atoms with Gasteiger partial charge in [-0.1, -0.05) is 6.07 Å². The normalized spacial score (nSPS) is 13.1. The second-order valence-corrected chi connectivity index (χ2v) is 3.45. The summed E-state index contributed by atoms with van der Waals surface area (Å²) in [5.41, 5.74) is 2.26. The molecule has 1 aliphatic heterocycles. The zero-order valence-electron chi connectivity index (χ0n) is 8.32.